The van der Waals surface area contributed by atoms with Crippen LogP contribution in [-0.2, 0) is 13.0 Å². The maximum Gasteiger partial charge on any atom is 0.217 e. The van der Waals surface area contributed by atoms with E-state index in [2.05, 4.69) is 49.5 Å². The van der Waals surface area contributed by atoms with Crippen LogP contribution >= 0.6 is 0 Å². The third-order valence-electron chi connectivity index (χ3n) is 5.47. The smallest absolute Gasteiger partial charge is 0.217 e. The zero-order valence-corrected chi connectivity index (χ0v) is 19.0. The Labute approximate surface area is 192 Å². The molecule has 0 aliphatic carbocycles. The minimum atomic E-state index is 0.0142. The molecule has 3 heterocycles. The maximum atomic E-state index is 12.5. The van der Waals surface area contributed by atoms with E-state index < -0.39 is 0 Å². The molecule has 9 heteroatoms. The number of aromatic nitrogens is 8. The number of hydrogen-bond acceptors (Lipinski definition) is 7. The number of pyridine rings is 1. The van der Waals surface area contributed by atoms with Crippen molar-refractivity contribution in [2.24, 2.45) is 0 Å². The molecule has 0 aliphatic rings. The molecule has 170 valence electrons. The fourth-order valence-corrected chi connectivity index (χ4v) is 3.62. The molecule has 0 aliphatic heterocycles. The minimum Gasteiger partial charge on any atom is -0.291 e. The molecule has 0 fully saturated rings. The Morgan fingerprint density at radius 3 is 2.55 bits per heavy atom. The van der Waals surface area contributed by atoms with E-state index in [9.17, 15) is 4.79 Å². The summed E-state index contributed by atoms with van der Waals surface area (Å²) in [5, 5.41) is 18.7. The zero-order chi connectivity index (χ0) is 23.0. The number of aryl methyl sites for hydroxylation is 1. The van der Waals surface area contributed by atoms with E-state index in [0.29, 0.717) is 24.5 Å². The lowest BCUT2D eigenvalue weighted by molar-refractivity contribution is 0.0969. The molecular formula is C24H28N8O. The van der Waals surface area contributed by atoms with E-state index in [4.69, 9.17) is 0 Å². The highest BCUT2D eigenvalue weighted by Crippen LogP contribution is 2.28. The average Bonchev–Trinajstić information content (AvgIpc) is 3.52. The molecule has 0 radical (unpaired) electrons. The van der Waals surface area contributed by atoms with E-state index in [0.717, 1.165) is 60.4 Å². The number of aromatic amines is 1. The lowest BCUT2D eigenvalue weighted by atomic mass is 10.0. The quantitative estimate of drug-likeness (QED) is 0.343. The van der Waals surface area contributed by atoms with Crippen molar-refractivity contribution >= 4 is 5.78 Å². The van der Waals surface area contributed by atoms with Gasteiger partial charge in [0, 0.05) is 36.7 Å². The Hall–Kier alpha value is -3.75. The zero-order valence-electron chi connectivity index (χ0n) is 19.0. The van der Waals surface area contributed by atoms with Crippen LogP contribution in [0.25, 0.3) is 22.6 Å². The van der Waals surface area contributed by atoms with E-state index in [1.165, 1.54) is 0 Å². The van der Waals surface area contributed by atoms with Gasteiger partial charge in [0.15, 0.2) is 5.82 Å². The summed E-state index contributed by atoms with van der Waals surface area (Å²) in [6.07, 6.45) is 6.78. The summed E-state index contributed by atoms with van der Waals surface area (Å²) in [6, 6.07) is 11.9. The van der Waals surface area contributed by atoms with E-state index in [-0.39, 0.29) is 5.78 Å². The molecule has 4 rings (SSSR count). The Morgan fingerprint density at radius 2 is 1.85 bits per heavy atom. The second-order valence-corrected chi connectivity index (χ2v) is 7.98. The van der Waals surface area contributed by atoms with Gasteiger partial charge in [-0.25, -0.2) is 14.8 Å². The van der Waals surface area contributed by atoms with Crippen LogP contribution in [0.4, 0.5) is 0 Å². The fraction of sp³-hybridized carbons (Fsp3) is 0.375. The molecular weight excluding hydrogens is 416 g/mol. The first-order valence-corrected chi connectivity index (χ1v) is 11.4. The Bertz CT molecular complexity index is 1180. The number of unbranched alkanes of at least 4 members (excludes halogenated alkanes) is 2. The normalized spacial score (nSPS) is 11.1. The van der Waals surface area contributed by atoms with Crippen molar-refractivity contribution in [3.05, 3.63) is 59.8 Å². The third-order valence-corrected chi connectivity index (χ3v) is 5.47. The molecule has 33 heavy (non-hydrogen) atoms. The van der Waals surface area contributed by atoms with Crippen LogP contribution in [0.2, 0.25) is 0 Å². The van der Waals surface area contributed by atoms with Gasteiger partial charge in [0.25, 0.3) is 0 Å². The molecule has 0 saturated carbocycles. The van der Waals surface area contributed by atoms with E-state index >= 15 is 0 Å². The number of benzene rings is 1. The van der Waals surface area contributed by atoms with Gasteiger partial charge in [-0.05, 0) is 34.9 Å². The Balaban J connectivity index is 1.56. The second-order valence-electron chi connectivity index (χ2n) is 7.98. The first-order chi connectivity index (χ1) is 16.2. The van der Waals surface area contributed by atoms with Gasteiger partial charge < -0.3 is 0 Å². The Kier molecular flexibility index (Phi) is 7.29. The molecule has 4 aromatic rings. The molecule has 0 amide bonds. The molecule has 0 saturated heterocycles. The van der Waals surface area contributed by atoms with Crippen molar-refractivity contribution in [1.82, 2.24) is 40.4 Å². The van der Waals surface area contributed by atoms with Crippen LogP contribution in [0, 0.1) is 0 Å². The van der Waals surface area contributed by atoms with Crippen molar-refractivity contribution in [1.29, 1.82) is 0 Å². The molecule has 0 bridgehead atoms. The monoisotopic (exact) mass is 444 g/mol. The maximum absolute atomic E-state index is 12.5. The van der Waals surface area contributed by atoms with E-state index in [1.54, 1.807) is 0 Å². The first-order valence-electron chi connectivity index (χ1n) is 11.4. The molecule has 0 atom stereocenters. The molecule has 1 aromatic carbocycles. The van der Waals surface area contributed by atoms with Crippen molar-refractivity contribution in [3.63, 3.8) is 0 Å². The standard InChI is InChI=1S/C24H28N8O/c1-3-5-11-21(33)24-26-22(32(29-24)14-6-4-2)15-17-12-13-20(25-16-17)18-9-7-8-10-19(18)23-27-30-31-28-23/h7-10,12-13,16H,3-6,11,14-15H2,1-2H3,(H,27,28,30,31). The molecule has 3 aromatic heterocycles. The summed E-state index contributed by atoms with van der Waals surface area (Å²) < 4.78 is 1.88. The topological polar surface area (TPSA) is 115 Å². The van der Waals surface area contributed by atoms with Crippen LogP contribution in [0.1, 0.15) is 68.0 Å². The van der Waals surface area contributed by atoms with Crippen molar-refractivity contribution in [3.8, 4) is 22.6 Å². The van der Waals surface area contributed by atoms with Crippen LogP contribution in [0.15, 0.2) is 42.6 Å². The molecule has 9 nitrogen and oxygen atoms in total. The van der Waals surface area contributed by atoms with Crippen LogP contribution < -0.4 is 0 Å². The fourth-order valence-electron chi connectivity index (χ4n) is 3.62. The number of tetrazole rings is 1. The van der Waals surface area contributed by atoms with Crippen LogP contribution in [0.3, 0.4) is 0 Å². The van der Waals surface area contributed by atoms with Gasteiger partial charge >= 0.3 is 0 Å². The molecule has 0 unspecified atom stereocenters. The average molecular weight is 445 g/mol. The summed E-state index contributed by atoms with van der Waals surface area (Å²) in [5.41, 5.74) is 3.67. The number of rotatable bonds is 11. The van der Waals surface area contributed by atoms with E-state index in [1.807, 2.05) is 47.3 Å². The number of H-pyrrole nitrogens is 1. The van der Waals surface area contributed by atoms with Crippen LogP contribution in [0.5, 0.6) is 0 Å². The summed E-state index contributed by atoms with van der Waals surface area (Å²) in [7, 11) is 0. The van der Waals surface area contributed by atoms with Crippen LogP contribution in [-0.4, -0.2) is 46.2 Å². The number of Topliss-reactive ketones (excluding diaryl/α,β-unsaturated/α-hetero) is 1. The summed E-state index contributed by atoms with van der Waals surface area (Å²) in [6.45, 7) is 4.96. The number of nitrogens with one attached hydrogen (secondary N) is 1. The Morgan fingerprint density at radius 1 is 1.03 bits per heavy atom. The van der Waals surface area contributed by atoms with Gasteiger partial charge in [-0.1, -0.05) is 57.0 Å². The predicted molar refractivity (Wildman–Crippen MR) is 124 cm³/mol. The highest BCUT2D eigenvalue weighted by Gasteiger charge is 2.17. The van der Waals surface area contributed by atoms with Gasteiger partial charge in [-0.15, -0.1) is 10.2 Å². The molecule has 0 spiro atoms. The third kappa shape index (κ3) is 5.36. The first kappa shape index (κ1) is 22.4. The number of carbonyl (C=O) groups is 1. The van der Waals surface area contributed by atoms with Gasteiger partial charge in [-0.3, -0.25) is 9.78 Å². The summed E-state index contributed by atoms with van der Waals surface area (Å²) in [5.74, 6) is 1.74. The number of ketones is 1. The van der Waals surface area contributed by atoms with Gasteiger partial charge in [0.05, 0.1) is 5.69 Å². The number of nitrogens with zero attached hydrogens (tertiary/aromatic N) is 7. The van der Waals surface area contributed by atoms with Crippen molar-refractivity contribution in [2.45, 2.75) is 58.9 Å². The SMILES string of the molecule is CCCCC(=O)c1nc(Cc2ccc(-c3ccccc3-c3nnn[nH]3)nc2)n(CCCC)n1. The van der Waals surface area contributed by atoms with Crippen molar-refractivity contribution < 1.29 is 4.79 Å². The number of hydrogen-bond donors (Lipinski definition) is 1. The minimum absolute atomic E-state index is 0.0142. The molecule has 1 N–H and O–H groups in total. The largest absolute Gasteiger partial charge is 0.291 e. The lowest BCUT2D eigenvalue weighted by Crippen LogP contribution is -2.07. The van der Waals surface area contributed by atoms with Gasteiger partial charge in [0.2, 0.25) is 11.6 Å². The predicted octanol–water partition coefficient (Wildman–Crippen LogP) is 4.28. The highest BCUT2D eigenvalue weighted by molar-refractivity contribution is 5.92. The lowest BCUT2D eigenvalue weighted by Gasteiger charge is -2.08. The van der Waals surface area contributed by atoms with Gasteiger partial charge in [0.1, 0.15) is 5.82 Å². The van der Waals surface area contributed by atoms with Crippen molar-refractivity contribution in [2.75, 3.05) is 0 Å². The second kappa shape index (κ2) is 10.7. The highest BCUT2D eigenvalue weighted by atomic mass is 16.1. The summed E-state index contributed by atoms with van der Waals surface area (Å²) in [4.78, 5) is 21.7. The summed E-state index contributed by atoms with van der Waals surface area (Å²) >= 11 is 0. The van der Waals surface area contributed by atoms with Gasteiger partial charge in [-0.2, -0.15) is 0 Å². The number of carbonyl (C=O) groups excluding carboxylic acids is 1.